The summed E-state index contributed by atoms with van der Waals surface area (Å²) in [6.45, 7) is 0. The van der Waals surface area contributed by atoms with Crippen molar-refractivity contribution in [1.82, 2.24) is 0 Å². The normalized spacial score (nSPS) is 12.6. The molecule has 0 saturated carbocycles. The molecule has 74 valence electrons. The van der Waals surface area contributed by atoms with Crippen molar-refractivity contribution < 1.29 is 0 Å². The first-order valence-corrected chi connectivity index (χ1v) is 5.72. The van der Waals surface area contributed by atoms with E-state index in [1.54, 1.807) is 0 Å². The monoisotopic (exact) mass is 234 g/mol. The molecular weight excluding hydrogens is 228 g/mol. The number of fused-ring (bicyclic) bond motifs is 2. The Morgan fingerprint density at radius 3 is 3.07 bits per heavy atom. The maximum atomic E-state index is 5.95. The molecule has 4 heteroatoms. The summed E-state index contributed by atoms with van der Waals surface area (Å²) in [5, 5.41) is 4.38. The van der Waals surface area contributed by atoms with Gasteiger partial charge in [-0.2, -0.15) is 0 Å². The van der Waals surface area contributed by atoms with Gasteiger partial charge in [0, 0.05) is 11.8 Å². The number of hydrogen-bond acceptors (Lipinski definition) is 3. The van der Waals surface area contributed by atoms with Gasteiger partial charge in [-0.3, -0.25) is 4.99 Å². The van der Waals surface area contributed by atoms with Gasteiger partial charge in [0.15, 0.2) is 0 Å². The molecule has 1 N–H and O–H groups in total. The van der Waals surface area contributed by atoms with Gasteiger partial charge in [-0.05, 0) is 18.2 Å². The summed E-state index contributed by atoms with van der Waals surface area (Å²) in [5.41, 5.74) is 3.02. The van der Waals surface area contributed by atoms with E-state index in [1.165, 1.54) is 11.3 Å². The molecule has 0 fully saturated rings. The van der Waals surface area contributed by atoms with E-state index in [-0.39, 0.29) is 0 Å². The van der Waals surface area contributed by atoms with Gasteiger partial charge in [-0.1, -0.05) is 23.7 Å². The van der Waals surface area contributed by atoms with Crippen molar-refractivity contribution in [3.05, 3.63) is 40.2 Å². The van der Waals surface area contributed by atoms with E-state index in [9.17, 15) is 0 Å². The molecule has 0 saturated heterocycles. The maximum absolute atomic E-state index is 5.95. The Morgan fingerprint density at radius 1 is 1.27 bits per heavy atom. The number of hydrogen-bond donors (Lipinski definition) is 1. The molecule has 0 radical (unpaired) electrons. The van der Waals surface area contributed by atoms with Gasteiger partial charge >= 0.3 is 0 Å². The van der Waals surface area contributed by atoms with Crippen LogP contribution in [0, 0.1) is 0 Å². The number of aliphatic imine (C=N–C) groups is 1. The Labute approximate surface area is 96.2 Å². The fourth-order valence-electron chi connectivity index (χ4n) is 1.52. The van der Waals surface area contributed by atoms with Gasteiger partial charge in [0.05, 0.1) is 15.7 Å². The SMILES string of the molecule is Clc1cc2c(s1)Nc1ccccc1N=C2. The lowest BCUT2D eigenvalue weighted by Crippen LogP contribution is -1.87. The first-order chi connectivity index (χ1) is 7.33. The lowest BCUT2D eigenvalue weighted by Gasteiger charge is -2.04. The highest BCUT2D eigenvalue weighted by molar-refractivity contribution is 7.20. The number of thiophene rings is 1. The van der Waals surface area contributed by atoms with E-state index < -0.39 is 0 Å². The van der Waals surface area contributed by atoms with Gasteiger partial charge in [-0.15, -0.1) is 11.3 Å². The second-order valence-electron chi connectivity index (χ2n) is 3.24. The molecule has 3 rings (SSSR count). The van der Waals surface area contributed by atoms with E-state index in [0.29, 0.717) is 0 Å². The molecule has 0 unspecified atom stereocenters. The first-order valence-electron chi connectivity index (χ1n) is 4.52. The zero-order valence-corrected chi connectivity index (χ0v) is 9.27. The van der Waals surface area contributed by atoms with Gasteiger partial charge < -0.3 is 5.32 Å². The molecule has 15 heavy (non-hydrogen) atoms. The molecule has 1 aromatic carbocycles. The van der Waals surface area contributed by atoms with Gasteiger partial charge in [0.2, 0.25) is 0 Å². The third-order valence-electron chi connectivity index (χ3n) is 2.23. The minimum Gasteiger partial charge on any atom is -0.345 e. The molecule has 2 nitrogen and oxygen atoms in total. The van der Waals surface area contributed by atoms with Crippen molar-refractivity contribution in [1.29, 1.82) is 0 Å². The highest BCUT2D eigenvalue weighted by atomic mass is 35.5. The lowest BCUT2D eigenvalue weighted by atomic mass is 10.3. The fraction of sp³-hybridized carbons (Fsp3) is 0. The molecule has 0 aliphatic carbocycles. The summed E-state index contributed by atoms with van der Waals surface area (Å²) in [6.07, 6.45) is 1.84. The Kier molecular flexibility index (Phi) is 2.01. The minimum absolute atomic E-state index is 0.776. The number of para-hydroxylation sites is 2. The number of nitrogens with one attached hydrogen (secondary N) is 1. The van der Waals surface area contributed by atoms with Crippen LogP contribution in [0.25, 0.3) is 0 Å². The quantitative estimate of drug-likeness (QED) is 0.619. The van der Waals surface area contributed by atoms with Crippen LogP contribution in [0.15, 0.2) is 35.3 Å². The highest BCUT2D eigenvalue weighted by Gasteiger charge is 2.11. The fourth-order valence-corrected chi connectivity index (χ4v) is 2.64. The molecule has 0 bridgehead atoms. The molecule has 1 aliphatic rings. The summed E-state index contributed by atoms with van der Waals surface area (Å²) >= 11 is 7.48. The van der Waals surface area contributed by atoms with Crippen molar-refractivity contribution in [2.45, 2.75) is 0 Å². The van der Waals surface area contributed by atoms with Gasteiger partial charge in [0.25, 0.3) is 0 Å². The summed E-state index contributed by atoms with van der Waals surface area (Å²) in [5.74, 6) is 0. The molecule has 1 aliphatic heterocycles. The van der Waals surface area contributed by atoms with Gasteiger partial charge in [0.1, 0.15) is 5.00 Å². The minimum atomic E-state index is 0.776. The number of halogens is 1. The predicted octanol–water partition coefficient (Wildman–Crippen LogP) is 4.21. The third-order valence-corrected chi connectivity index (χ3v) is 3.42. The van der Waals surface area contributed by atoms with Crippen LogP contribution in [0.1, 0.15) is 5.56 Å². The Bertz CT molecular complexity index is 545. The maximum Gasteiger partial charge on any atom is 0.103 e. The summed E-state index contributed by atoms with van der Waals surface area (Å²) in [6, 6.07) is 9.88. The van der Waals surface area contributed by atoms with E-state index in [2.05, 4.69) is 10.3 Å². The van der Waals surface area contributed by atoms with E-state index in [0.717, 1.165) is 26.3 Å². The Morgan fingerprint density at radius 2 is 2.13 bits per heavy atom. The lowest BCUT2D eigenvalue weighted by molar-refractivity contribution is 1.53. The van der Waals surface area contributed by atoms with Crippen LogP contribution in [0.2, 0.25) is 4.34 Å². The second-order valence-corrected chi connectivity index (χ2v) is 4.92. The van der Waals surface area contributed by atoms with E-state index in [1.807, 2.05) is 36.5 Å². The first kappa shape index (κ1) is 8.95. The molecule has 0 amide bonds. The molecular formula is C11H7ClN2S. The van der Waals surface area contributed by atoms with Gasteiger partial charge in [-0.25, -0.2) is 0 Å². The van der Waals surface area contributed by atoms with Crippen LogP contribution < -0.4 is 5.32 Å². The number of anilines is 2. The van der Waals surface area contributed by atoms with Crippen LogP contribution in [-0.4, -0.2) is 6.21 Å². The number of nitrogens with zero attached hydrogens (tertiary/aromatic N) is 1. The van der Waals surface area contributed by atoms with Crippen molar-refractivity contribution in [2.75, 3.05) is 5.32 Å². The zero-order valence-electron chi connectivity index (χ0n) is 7.70. The summed E-state index contributed by atoms with van der Waals surface area (Å²) < 4.78 is 0.776. The average Bonchev–Trinajstić information content (AvgIpc) is 2.49. The van der Waals surface area contributed by atoms with Crippen LogP contribution in [0.4, 0.5) is 16.4 Å². The Hall–Kier alpha value is -1.32. The number of benzene rings is 1. The van der Waals surface area contributed by atoms with Crippen LogP contribution in [0.5, 0.6) is 0 Å². The smallest absolute Gasteiger partial charge is 0.103 e. The van der Waals surface area contributed by atoms with E-state index in [4.69, 9.17) is 11.6 Å². The summed E-state index contributed by atoms with van der Waals surface area (Å²) in [4.78, 5) is 4.40. The largest absolute Gasteiger partial charge is 0.345 e. The molecule has 0 atom stereocenters. The standard InChI is InChI=1S/C11H7ClN2S/c12-10-5-7-6-13-8-3-1-2-4-9(8)14-11(7)15-10/h1-6,14H. The second kappa shape index (κ2) is 3.36. The van der Waals surface area contributed by atoms with Crippen LogP contribution in [0.3, 0.4) is 0 Å². The Balaban J connectivity index is 2.17. The molecule has 1 aromatic heterocycles. The van der Waals surface area contributed by atoms with Crippen LogP contribution >= 0.6 is 22.9 Å². The average molecular weight is 235 g/mol. The highest BCUT2D eigenvalue weighted by Crippen LogP contribution is 2.38. The number of rotatable bonds is 0. The van der Waals surface area contributed by atoms with Crippen molar-refractivity contribution in [3.8, 4) is 0 Å². The molecule has 2 aromatic rings. The zero-order chi connectivity index (χ0) is 10.3. The molecule has 2 heterocycles. The third kappa shape index (κ3) is 1.54. The van der Waals surface area contributed by atoms with Crippen molar-refractivity contribution in [3.63, 3.8) is 0 Å². The molecule has 0 spiro atoms. The predicted molar refractivity (Wildman–Crippen MR) is 66.3 cm³/mol. The summed E-state index contributed by atoms with van der Waals surface area (Å²) in [7, 11) is 0. The van der Waals surface area contributed by atoms with Crippen molar-refractivity contribution >= 4 is 45.5 Å². The van der Waals surface area contributed by atoms with Crippen molar-refractivity contribution in [2.24, 2.45) is 4.99 Å². The van der Waals surface area contributed by atoms with Crippen LogP contribution in [-0.2, 0) is 0 Å². The van der Waals surface area contributed by atoms with E-state index >= 15 is 0 Å². The topological polar surface area (TPSA) is 24.4 Å².